The van der Waals surface area contributed by atoms with E-state index < -0.39 is 16.1 Å². The molecule has 0 radical (unpaired) electrons. The Hall–Kier alpha value is -3.15. The zero-order valence-corrected chi connectivity index (χ0v) is 20.4. The van der Waals surface area contributed by atoms with E-state index in [9.17, 15) is 18.3 Å². The molecule has 0 spiro atoms. The number of aryl methyl sites for hydroxylation is 2. The number of nitrogen functional groups attached to an aromatic ring is 1. The maximum absolute atomic E-state index is 13.1. The fourth-order valence-electron chi connectivity index (χ4n) is 3.94. The third-order valence-corrected chi connectivity index (χ3v) is 8.25. The molecule has 4 rings (SSSR count). The van der Waals surface area contributed by atoms with Crippen molar-refractivity contribution < 1.29 is 23.1 Å². The van der Waals surface area contributed by atoms with Crippen molar-refractivity contribution in [2.75, 3.05) is 23.6 Å². The number of hydrogen-bond acceptors (Lipinski definition) is 8. The number of aliphatic hydroxyl groups is 1. The van der Waals surface area contributed by atoms with Crippen molar-refractivity contribution in [2.24, 2.45) is 0 Å². The molecule has 1 aliphatic heterocycles. The number of aromatic nitrogens is 1. The highest BCUT2D eigenvalue weighted by molar-refractivity contribution is 7.92. The Balaban J connectivity index is 1.50. The molecule has 1 fully saturated rings. The van der Waals surface area contributed by atoms with E-state index in [0.29, 0.717) is 22.9 Å². The lowest BCUT2D eigenvalue weighted by Crippen LogP contribution is -2.39. The Morgan fingerprint density at radius 3 is 2.65 bits per heavy atom. The molecule has 34 heavy (non-hydrogen) atoms. The van der Waals surface area contributed by atoms with Gasteiger partial charge >= 0.3 is 6.09 Å². The van der Waals surface area contributed by atoms with Gasteiger partial charge in [-0.15, -0.1) is 0 Å². The van der Waals surface area contributed by atoms with Crippen LogP contribution in [0.3, 0.4) is 0 Å². The SMILES string of the molecule is Cc1ccc(-c2sc(N)nc2C)cc1S(=O)(=O)Nc1ccc(OC(=O)N2CCC[C@H]2CO)cc1. The van der Waals surface area contributed by atoms with E-state index in [4.69, 9.17) is 10.5 Å². The van der Waals surface area contributed by atoms with Gasteiger partial charge in [0.25, 0.3) is 10.0 Å². The second-order valence-electron chi connectivity index (χ2n) is 8.12. The minimum Gasteiger partial charge on any atom is -0.410 e. The van der Waals surface area contributed by atoms with Gasteiger partial charge in [-0.3, -0.25) is 4.72 Å². The van der Waals surface area contributed by atoms with Gasteiger partial charge in [0.15, 0.2) is 5.13 Å². The van der Waals surface area contributed by atoms with E-state index in [1.807, 2.05) is 13.0 Å². The maximum Gasteiger partial charge on any atom is 0.415 e. The van der Waals surface area contributed by atoms with Crippen LogP contribution in [0.2, 0.25) is 0 Å². The number of likely N-dealkylation sites (tertiary alicyclic amines) is 1. The Morgan fingerprint density at radius 2 is 2.00 bits per heavy atom. The lowest BCUT2D eigenvalue weighted by molar-refractivity contribution is 0.124. The van der Waals surface area contributed by atoms with Crippen LogP contribution in [0.4, 0.5) is 15.6 Å². The number of carbonyl (C=O) groups excluding carboxylic acids is 1. The normalized spacial score (nSPS) is 16.0. The number of nitrogens with one attached hydrogen (secondary N) is 1. The third kappa shape index (κ3) is 5.01. The van der Waals surface area contributed by atoms with E-state index in [1.54, 1.807) is 19.1 Å². The predicted molar refractivity (Wildman–Crippen MR) is 132 cm³/mol. The summed E-state index contributed by atoms with van der Waals surface area (Å²) in [5.74, 6) is 0.285. The molecule has 0 saturated carbocycles. The quantitative estimate of drug-likeness (QED) is 0.467. The first kappa shape index (κ1) is 24.0. The lowest BCUT2D eigenvalue weighted by Gasteiger charge is -2.22. The van der Waals surface area contributed by atoms with Crippen LogP contribution in [-0.4, -0.2) is 48.7 Å². The molecular weight excluding hydrogens is 476 g/mol. The molecule has 180 valence electrons. The van der Waals surface area contributed by atoms with E-state index in [1.165, 1.54) is 40.5 Å². The molecule has 3 aromatic rings. The van der Waals surface area contributed by atoms with Crippen LogP contribution in [0.1, 0.15) is 24.1 Å². The molecule has 1 aromatic heterocycles. The predicted octanol–water partition coefficient (Wildman–Crippen LogP) is 3.77. The molecule has 0 aliphatic carbocycles. The number of nitrogens with zero attached hydrogens (tertiary/aromatic N) is 2. The number of ether oxygens (including phenoxy) is 1. The van der Waals surface area contributed by atoms with Gasteiger partial charge < -0.3 is 20.5 Å². The summed E-state index contributed by atoms with van der Waals surface area (Å²) >= 11 is 1.31. The molecule has 9 nitrogen and oxygen atoms in total. The number of amides is 1. The molecule has 2 heterocycles. The fraction of sp³-hybridized carbons (Fsp3) is 0.304. The largest absolute Gasteiger partial charge is 0.415 e. The zero-order chi connectivity index (χ0) is 24.5. The Kier molecular flexibility index (Phi) is 6.78. The second kappa shape index (κ2) is 9.61. The highest BCUT2D eigenvalue weighted by atomic mass is 32.2. The number of nitrogens with two attached hydrogens (primary N) is 1. The minimum atomic E-state index is -3.88. The Morgan fingerprint density at radius 1 is 1.26 bits per heavy atom. The fourth-order valence-corrected chi connectivity index (χ4v) is 6.10. The molecule has 1 aliphatic rings. The summed E-state index contributed by atoms with van der Waals surface area (Å²) in [6.07, 6.45) is 1.02. The maximum atomic E-state index is 13.1. The number of carbonyl (C=O) groups is 1. The van der Waals surface area contributed by atoms with E-state index in [-0.39, 0.29) is 23.3 Å². The molecule has 2 aromatic carbocycles. The molecular formula is C23H26N4O5S2. The molecule has 0 bridgehead atoms. The number of benzene rings is 2. The van der Waals surface area contributed by atoms with Crippen molar-refractivity contribution in [1.82, 2.24) is 9.88 Å². The average molecular weight is 503 g/mol. The summed E-state index contributed by atoms with van der Waals surface area (Å²) in [4.78, 5) is 19.1. The number of thiazole rings is 1. The summed E-state index contributed by atoms with van der Waals surface area (Å²) in [5.41, 5.74) is 8.19. The highest BCUT2D eigenvalue weighted by Crippen LogP contribution is 2.34. The molecule has 1 saturated heterocycles. The Labute approximate surface area is 202 Å². The van der Waals surface area contributed by atoms with Gasteiger partial charge in [0, 0.05) is 12.2 Å². The Bertz CT molecular complexity index is 1310. The van der Waals surface area contributed by atoms with Gasteiger partial charge in [-0.25, -0.2) is 18.2 Å². The number of sulfonamides is 1. The van der Waals surface area contributed by atoms with Crippen molar-refractivity contribution >= 4 is 38.3 Å². The van der Waals surface area contributed by atoms with Crippen LogP contribution in [0.15, 0.2) is 47.4 Å². The van der Waals surface area contributed by atoms with Gasteiger partial charge in [-0.05, 0) is 68.1 Å². The summed E-state index contributed by atoms with van der Waals surface area (Å²) in [6.45, 7) is 3.99. The zero-order valence-electron chi connectivity index (χ0n) is 18.8. The van der Waals surface area contributed by atoms with E-state index >= 15 is 0 Å². The van der Waals surface area contributed by atoms with Crippen molar-refractivity contribution in [3.8, 4) is 16.2 Å². The highest BCUT2D eigenvalue weighted by Gasteiger charge is 2.29. The standard InChI is InChI=1S/C23H26N4O5S2/c1-14-5-6-16(21-15(2)25-22(24)33-21)12-20(14)34(30,31)26-17-7-9-19(10-8-17)32-23(29)27-11-3-4-18(27)13-28/h5-10,12,18,26,28H,3-4,11,13H2,1-2H3,(H2,24,25)/t18-/m0/s1. The number of rotatable bonds is 6. The number of aliphatic hydroxyl groups excluding tert-OH is 1. The second-order valence-corrected chi connectivity index (χ2v) is 10.8. The number of anilines is 2. The van der Waals surface area contributed by atoms with E-state index in [2.05, 4.69) is 9.71 Å². The third-order valence-electron chi connectivity index (χ3n) is 5.69. The van der Waals surface area contributed by atoms with Gasteiger partial charge in [0.2, 0.25) is 0 Å². The van der Waals surface area contributed by atoms with Crippen LogP contribution in [0.25, 0.3) is 10.4 Å². The van der Waals surface area contributed by atoms with Crippen LogP contribution in [0.5, 0.6) is 5.75 Å². The molecule has 1 amide bonds. The first-order valence-electron chi connectivity index (χ1n) is 10.7. The lowest BCUT2D eigenvalue weighted by atomic mass is 10.1. The molecule has 4 N–H and O–H groups in total. The molecule has 11 heteroatoms. The van der Waals surface area contributed by atoms with Crippen molar-refractivity contribution in [1.29, 1.82) is 0 Å². The van der Waals surface area contributed by atoms with Crippen LogP contribution in [0, 0.1) is 13.8 Å². The van der Waals surface area contributed by atoms with Gasteiger partial charge in [-0.2, -0.15) is 0 Å². The van der Waals surface area contributed by atoms with Crippen LogP contribution >= 0.6 is 11.3 Å². The molecule has 0 unspecified atom stereocenters. The smallest absolute Gasteiger partial charge is 0.410 e. The van der Waals surface area contributed by atoms with Crippen LogP contribution < -0.4 is 15.2 Å². The van der Waals surface area contributed by atoms with Gasteiger partial charge in [0.05, 0.1) is 28.1 Å². The average Bonchev–Trinajstić information content (AvgIpc) is 3.41. The first-order chi connectivity index (χ1) is 16.2. The monoisotopic (exact) mass is 502 g/mol. The summed E-state index contributed by atoms with van der Waals surface area (Å²) in [6, 6.07) is 11.1. The van der Waals surface area contributed by atoms with Crippen molar-refractivity contribution in [3.05, 3.63) is 53.7 Å². The van der Waals surface area contributed by atoms with Crippen molar-refractivity contribution in [2.45, 2.75) is 37.6 Å². The summed E-state index contributed by atoms with van der Waals surface area (Å²) < 4.78 is 34.2. The van der Waals surface area contributed by atoms with Gasteiger partial charge in [-0.1, -0.05) is 23.5 Å². The van der Waals surface area contributed by atoms with Crippen molar-refractivity contribution in [3.63, 3.8) is 0 Å². The summed E-state index contributed by atoms with van der Waals surface area (Å²) in [7, 11) is -3.88. The topological polar surface area (TPSA) is 135 Å². The molecule has 1 atom stereocenters. The first-order valence-corrected chi connectivity index (χ1v) is 13.0. The number of hydrogen-bond donors (Lipinski definition) is 3. The van der Waals surface area contributed by atoms with Gasteiger partial charge in [0.1, 0.15) is 5.75 Å². The van der Waals surface area contributed by atoms with Crippen LogP contribution in [-0.2, 0) is 10.0 Å². The summed E-state index contributed by atoms with van der Waals surface area (Å²) in [5, 5.41) is 9.81. The van der Waals surface area contributed by atoms with E-state index in [0.717, 1.165) is 29.0 Å². The minimum absolute atomic E-state index is 0.105.